The van der Waals surface area contributed by atoms with E-state index in [-0.39, 0.29) is 11.9 Å². The molecule has 3 aromatic rings. The van der Waals surface area contributed by atoms with Crippen LogP contribution >= 0.6 is 22.9 Å². The zero-order chi connectivity index (χ0) is 18.8. The summed E-state index contributed by atoms with van der Waals surface area (Å²) in [7, 11) is 1.57. The molecule has 0 aliphatic carbocycles. The van der Waals surface area contributed by atoms with E-state index in [4.69, 9.17) is 21.3 Å². The Morgan fingerprint density at radius 3 is 3.04 bits per heavy atom. The monoisotopic (exact) mass is 401 g/mol. The molecule has 1 N–H and O–H groups in total. The van der Waals surface area contributed by atoms with E-state index in [1.54, 1.807) is 36.6 Å². The number of anilines is 1. The lowest BCUT2D eigenvalue weighted by Gasteiger charge is -2.22. The summed E-state index contributed by atoms with van der Waals surface area (Å²) in [5, 5.41) is 4.56. The van der Waals surface area contributed by atoms with Gasteiger partial charge in [-0.3, -0.25) is 9.69 Å². The van der Waals surface area contributed by atoms with Crippen LogP contribution in [0.3, 0.4) is 0 Å². The van der Waals surface area contributed by atoms with Gasteiger partial charge in [0.15, 0.2) is 0 Å². The highest BCUT2D eigenvalue weighted by Gasteiger charge is 2.30. The van der Waals surface area contributed by atoms with Crippen molar-refractivity contribution in [3.05, 3.63) is 52.5 Å². The Balaban J connectivity index is 1.48. The number of hydrogen-bond acceptors (Lipinski definition) is 5. The number of thiazole rings is 1. The number of carbonyl (C=O) groups excluding carboxylic acids is 1. The van der Waals surface area contributed by atoms with Gasteiger partial charge in [0.25, 0.3) is 0 Å². The van der Waals surface area contributed by atoms with Crippen molar-refractivity contribution >= 4 is 44.7 Å². The maximum atomic E-state index is 12.6. The van der Waals surface area contributed by atoms with Crippen LogP contribution in [0.2, 0.25) is 5.02 Å². The maximum absolute atomic E-state index is 12.6. The van der Waals surface area contributed by atoms with Gasteiger partial charge >= 0.3 is 0 Å². The molecule has 5 nitrogen and oxygen atoms in total. The second-order valence-corrected chi connectivity index (χ2v) is 8.04. The number of likely N-dealkylation sites (tertiary alicyclic amines) is 1. The molecule has 1 amide bonds. The van der Waals surface area contributed by atoms with Gasteiger partial charge < -0.3 is 10.1 Å². The van der Waals surface area contributed by atoms with Gasteiger partial charge in [-0.2, -0.15) is 0 Å². The molecular weight excluding hydrogens is 382 g/mol. The minimum atomic E-state index is -0.0800. The topological polar surface area (TPSA) is 54.5 Å². The molecule has 1 fully saturated rings. The average Bonchev–Trinajstić information content (AvgIpc) is 3.28. The van der Waals surface area contributed by atoms with E-state index < -0.39 is 0 Å². The van der Waals surface area contributed by atoms with E-state index >= 15 is 0 Å². The number of nitrogens with one attached hydrogen (secondary N) is 1. The molecule has 2 heterocycles. The number of para-hydroxylation sites is 1. The van der Waals surface area contributed by atoms with Crippen LogP contribution < -0.4 is 10.1 Å². The van der Waals surface area contributed by atoms with E-state index in [0.29, 0.717) is 23.0 Å². The largest absolute Gasteiger partial charge is 0.495 e. The number of aromatic nitrogens is 1. The minimum Gasteiger partial charge on any atom is -0.495 e. The molecule has 0 unspecified atom stereocenters. The Bertz CT molecular complexity index is 942. The highest BCUT2D eigenvalue weighted by molar-refractivity contribution is 7.18. The smallest absolute Gasteiger partial charge is 0.238 e. The fourth-order valence-corrected chi connectivity index (χ4v) is 4.79. The third kappa shape index (κ3) is 3.93. The summed E-state index contributed by atoms with van der Waals surface area (Å²) in [5.74, 6) is 0.514. The predicted molar refractivity (Wildman–Crippen MR) is 110 cm³/mol. The van der Waals surface area contributed by atoms with Crippen LogP contribution in [0.15, 0.2) is 42.5 Å². The van der Waals surface area contributed by atoms with Gasteiger partial charge in [-0.15, -0.1) is 11.3 Å². The summed E-state index contributed by atoms with van der Waals surface area (Å²) >= 11 is 7.76. The van der Waals surface area contributed by atoms with Gasteiger partial charge in [0.2, 0.25) is 5.91 Å². The molecule has 7 heteroatoms. The Hall–Kier alpha value is -2.15. The third-order valence-electron chi connectivity index (χ3n) is 4.74. The van der Waals surface area contributed by atoms with Gasteiger partial charge in [0, 0.05) is 5.02 Å². The second-order valence-electron chi connectivity index (χ2n) is 6.54. The summed E-state index contributed by atoms with van der Waals surface area (Å²) in [6, 6.07) is 13.5. The van der Waals surface area contributed by atoms with Crippen molar-refractivity contribution in [2.24, 2.45) is 0 Å². The van der Waals surface area contributed by atoms with Crippen molar-refractivity contribution in [2.45, 2.75) is 18.9 Å². The van der Waals surface area contributed by atoms with Crippen LogP contribution in [0.25, 0.3) is 10.2 Å². The standard InChI is InChI=1S/C20H20ClN3O2S/c1-26-17-9-8-13(21)11-15(17)22-19(25)12-24-10-4-6-16(24)20-23-14-5-2-3-7-18(14)27-20/h2-3,5,7-9,11,16H,4,6,10,12H2,1H3,(H,22,25)/t16-/m0/s1. The Morgan fingerprint density at radius 2 is 2.22 bits per heavy atom. The second kappa shape index (κ2) is 7.84. The number of methoxy groups -OCH3 is 1. The van der Waals surface area contributed by atoms with Crippen LogP contribution in [0.1, 0.15) is 23.9 Å². The number of hydrogen-bond donors (Lipinski definition) is 1. The van der Waals surface area contributed by atoms with Crippen molar-refractivity contribution in [1.29, 1.82) is 0 Å². The number of ether oxygens (including phenoxy) is 1. The van der Waals surface area contributed by atoms with E-state index in [1.807, 2.05) is 18.2 Å². The van der Waals surface area contributed by atoms with Gasteiger partial charge in [-0.25, -0.2) is 4.98 Å². The molecule has 140 valence electrons. The van der Waals surface area contributed by atoms with E-state index in [0.717, 1.165) is 29.9 Å². The number of carbonyl (C=O) groups is 1. The summed E-state index contributed by atoms with van der Waals surface area (Å²) in [4.78, 5) is 19.6. The molecule has 0 bridgehead atoms. The lowest BCUT2D eigenvalue weighted by atomic mass is 10.2. The first-order chi connectivity index (χ1) is 13.1. The van der Waals surface area contributed by atoms with E-state index in [1.165, 1.54) is 4.70 Å². The van der Waals surface area contributed by atoms with E-state index in [9.17, 15) is 4.79 Å². The molecule has 0 spiro atoms. The number of fused-ring (bicyclic) bond motifs is 1. The van der Waals surface area contributed by atoms with Crippen molar-refractivity contribution < 1.29 is 9.53 Å². The van der Waals surface area contributed by atoms with Crippen LogP contribution in [0.4, 0.5) is 5.69 Å². The molecule has 1 saturated heterocycles. The normalized spacial score (nSPS) is 17.3. The first kappa shape index (κ1) is 18.2. The molecule has 1 atom stereocenters. The summed E-state index contributed by atoms with van der Waals surface area (Å²) in [6.07, 6.45) is 2.09. The van der Waals surface area contributed by atoms with Gasteiger partial charge in [0.05, 0.1) is 35.6 Å². The van der Waals surface area contributed by atoms with E-state index in [2.05, 4.69) is 16.3 Å². The molecule has 27 heavy (non-hydrogen) atoms. The van der Waals surface area contributed by atoms with Crippen LogP contribution in [-0.2, 0) is 4.79 Å². The van der Waals surface area contributed by atoms with Crippen LogP contribution in [0, 0.1) is 0 Å². The number of halogens is 1. The maximum Gasteiger partial charge on any atom is 0.238 e. The van der Waals surface area contributed by atoms with Gasteiger partial charge in [-0.05, 0) is 49.7 Å². The molecule has 2 aromatic carbocycles. The lowest BCUT2D eigenvalue weighted by Crippen LogP contribution is -2.33. The van der Waals surface area contributed by atoms with Crippen molar-refractivity contribution in [2.75, 3.05) is 25.5 Å². The molecular formula is C20H20ClN3O2S. The minimum absolute atomic E-state index is 0.0800. The number of rotatable bonds is 5. The molecule has 0 saturated carbocycles. The highest BCUT2D eigenvalue weighted by Crippen LogP contribution is 2.36. The van der Waals surface area contributed by atoms with Crippen LogP contribution in [-0.4, -0.2) is 36.0 Å². The van der Waals surface area contributed by atoms with Crippen molar-refractivity contribution in [3.8, 4) is 5.75 Å². The lowest BCUT2D eigenvalue weighted by molar-refractivity contribution is -0.117. The Labute approximate surface area is 166 Å². The average molecular weight is 402 g/mol. The van der Waals surface area contributed by atoms with Crippen molar-refractivity contribution in [1.82, 2.24) is 9.88 Å². The molecule has 1 aromatic heterocycles. The number of amides is 1. The first-order valence-electron chi connectivity index (χ1n) is 8.87. The first-order valence-corrected chi connectivity index (χ1v) is 10.1. The SMILES string of the molecule is COc1ccc(Cl)cc1NC(=O)CN1CCC[C@H]1c1nc2ccccc2s1. The Kier molecular flexibility index (Phi) is 5.29. The van der Waals surface area contributed by atoms with Gasteiger partial charge in [0.1, 0.15) is 10.8 Å². The van der Waals surface area contributed by atoms with Crippen molar-refractivity contribution in [3.63, 3.8) is 0 Å². The quantitative estimate of drug-likeness (QED) is 0.671. The molecule has 0 radical (unpaired) electrons. The summed E-state index contributed by atoms with van der Waals surface area (Å²) in [5.41, 5.74) is 1.61. The fourth-order valence-electron chi connectivity index (χ4n) is 3.48. The van der Waals surface area contributed by atoms with Gasteiger partial charge in [-0.1, -0.05) is 23.7 Å². The summed E-state index contributed by atoms with van der Waals surface area (Å²) in [6.45, 7) is 1.21. The molecule has 1 aliphatic heterocycles. The number of benzene rings is 2. The summed E-state index contributed by atoms with van der Waals surface area (Å²) < 4.78 is 6.49. The zero-order valence-corrected chi connectivity index (χ0v) is 16.5. The predicted octanol–water partition coefficient (Wildman–Crippen LogP) is 4.73. The zero-order valence-electron chi connectivity index (χ0n) is 14.9. The highest BCUT2D eigenvalue weighted by atomic mass is 35.5. The molecule has 4 rings (SSSR count). The third-order valence-corrected chi connectivity index (χ3v) is 6.11. The fraction of sp³-hybridized carbons (Fsp3) is 0.300. The Morgan fingerprint density at radius 1 is 1.37 bits per heavy atom. The van der Waals surface area contributed by atoms with Crippen LogP contribution in [0.5, 0.6) is 5.75 Å². The molecule has 1 aliphatic rings. The number of nitrogens with zero attached hydrogens (tertiary/aromatic N) is 2.